The van der Waals surface area contributed by atoms with Crippen molar-refractivity contribution < 1.29 is 4.74 Å². The highest BCUT2D eigenvalue weighted by atomic mass is 16.5. The van der Waals surface area contributed by atoms with Gasteiger partial charge in [-0.3, -0.25) is 14.9 Å². The van der Waals surface area contributed by atoms with E-state index in [-0.39, 0.29) is 6.10 Å². The highest BCUT2D eigenvalue weighted by Crippen LogP contribution is 2.25. The lowest BCUT2D eigenvalue weighted by Gasteiger charge is -2.33. The van der Waals surface area contributed by atoms with Gasteiger partial charge in [0.05, 0.1) is 12.3 Å². The number of hydrogen-bond donors (Lipinski definition) is 0. The van der Waals surface area contributed by atoms with Crippen molar-refractivity contribution in [3.63, 3.8) is 0 Å². The predicted molar refractivity (Wildman–Crippen MR) is 96.2 cm³/mol. The average Bonchev–Trinajstić information content (AvgIpc) is 2.57. The maximum atomic E-state index is 6.00. The van der Waals surface area contributed by atoms with Crippen molar-refractivity contribution >= 4 is 5.69 Å². The predicted octanol–water partition coefficient (Wildman–Crippen LogP) is 2.73. The summed E-state index contributed by atoms with van der Waals surface area (Å²) in [6, 6.07) is 8.46. The summed E-state index contributed by atoms with van der Waals surface area (Å²) in [5.41, 5.74) is 5.51. The van der Waals surface area contributed by atoms with E-state index in [1.165, 1.54) is 11.3 Å². The lowest BCUT2D eigenvalue weighted by atomic mass is 10.1. The van der Waals surface area contributed by atoms with Gasteiger partial charge in [0, 0.05) is 57.0 Å². The fraction of sp³-hybridized carbons (Fsp3) is 0.474. The van der Waals surface area contributed by atoms with Gasteiger partial charge in [-0.15, -0.1) is 0 Å². The number of aryl methyl sites for hydroxylation is 2. The summed E-state index contributed by atoms with van der Waals surface area (Å²) in [6.07, 6.45) is 1.99. The fourth-order valence-corrected chi connectivity index (χ4v) is 2.97. The Morgan fingerprint density at radius 2 is 2.04 bits per heavy atom. The molecule has 1 atom stereocenters. The monoisotopic (exact) mass is 326 g/mol. The van der Waals surface area contributed by atoms with Crippen LogP contribution in [0.2, 0.25) is 0 Å². The number of anilines is 1. The van der Waals surface area contributed by atoms with Crippen LogP contribution in [0, 0.1) is 13.8 Å². The Labute approximate surface area is 144 Å². The van der Waals surface area contributed by atoms with Crippen LogP contribution in [0.1, 0.15) is 28.7 Å². The molecule has 24 heavy (non-hydrogen) atoms. The average molecular weight is 326 g/mol. The topological polar surface area (TPSA) is 41.5 Å². The number of ether oxygens (including phenoxy) is 1. The third kappa shape index (κ3) is 4.10. The number of aromatic nitrogens is 2. The first-order valence-electron chi connectivity index (χ1n) is 8.42. The normalized spacial score (nSPS) is 18.6. The Morgan fingerprint density at radius 1 is 1.21 bits per heavy atom. The number of rotatable bonds is 4. The number of nitrogens with zero attached hydrogens (tertiary/aromatic N) is 4. The van der Waals surface area contributed by atoms with Gasteiger partial charge in [0.2, 0.25) is 0 Å². The van der Waals surface area contributed by atoms with E-state index < -0.39 is 0 Å². The third-order valence-electron chi connectivity index (χ3n) is 4.33. The zero-order valence-corrected chi connectivity index (χ0v) is 15.0. The molecule has 0 N–H and O–H groups in total. The summed E-state index contributed by atoms with van der Waals surface area (Å²) in [4.78, 5) is 13.6. The van der Waals surface area contributed by atoms with E-state index in [1.807, 2.05) is 20.0 Å². The fourth-order valence-electron chi connectivity index (χ4n) is 2.97. The third-order valence-corrected chi connectivity index (χ3v) is 4.33. The summed E-state index contributed by atoms with van der Waals surface area (Å²) in [5, 5.41) is 0. The number of hydrogen-bond acceptors (Lipinski definition) is 5. The Balaban J connectivity index is 1.72. The van der Waals surface area contributed by atoms with E-state index >= 15 is 0 Å². The van der Waals surface area contributed by atoms with Crippen LogP contribution >= 0.6 is 0 Å². The summed E-state index contributed by atoms with van der Waals surface area (Å²) < 4.78 is 6.00. The smallest absolute Gasteiger partial charge is 0.112 e. The minimum atomic E-state index is 0.0238. The molecule has 0 aliphatic carbocycles. The molecule has 3 rings (SSSR count). The van der Waals surface area contributed by atoms with Crippen LogP contribution < -0.4 is 4.90 Å². The van der Waals surface area contributed by atoms with E-state index in [2.05, 4.69) is 53.1 Å². The van der Waals surface area contributed by atoms with Gasteiger partial charge in [0.1, 0.15) is 6.10 Å². The number of morpholine rings is 1. The summed E-state index contributed by atoms with van der Waals surface area (Å²) in [5.74, 6) is 0. The molecule has 1 fully saturated rings. The first kappa shape index (κ1) is 16.9. The maximum absolute atomic E-state index is 6.00. The zero-order valence-electron chi connectivity index (χ0n) is 15.0. The molecular weight excluding hydrogens is 300 g/mol. The lowest BCUT2D eigenvalue weighted by Crippen LogP contribution is -2.38. The SMILES string of the molecule is Cc1ccc(CN2CCO[C@@H](c3cc(N(C)C)cc(C)n3)C2)cn1. The summed E-state index contributed by atoms with van der Waals surface area (Å²) in [6.45, 7) is 7.49. The van der Waals surface area contributed by atoms with Crippen LogP contribution in [0.5, 0.6) is 0 Å². The molecule has 0 saturated carbocycles. The van der Waals surface area contributed by atoms with Gasteiger partial charge in [0.25, 0.3) is 0 Å². The van der Waals surface area contributed by atoms with Crippen LogP contribution in [-0.2, 0) is 11.3 Å². The molecule has 3 heterocycles. The molecule has 1 aliphatic rings. The Bertz CT molecular complexity index is 684. The Morgan fingerprint density at radius 3 is 2.75 bits per heavy atom. The standard InChI is InChI=1S/C19H26N4O/c1-14-5-6-16(11-20-14)12-23-7-8-24-19(13-23)18-10-17(22(3)4)9-15(2)21-18/h5-6,9-11,19H,7-8,12-13H2,1-4H3/t19-/m1/s1. The van der Waals surface area contributed by atoms with E-state index in [1.54, 1.807) is 0 Å². The van der Waals surface area contributed by atoms with Crippen molar-refractivity contribution in [2.24, 2.45) is 0 Å². The van der Waals surface area contributed by atoms with E-state index in [4.69, 9.17) is 9.72 Å². The largest absolute Gasteiger partial charge is 0.378 e. The molecule has 0 spiro atoms. The quantitative estimate of drug-likeness (QED) is 0.864. The summed E-state index contributed by atoms with van der Waals surface area (Å²) in [7, 11) is 4.11. The molecule has 1 aliphatic heterocycles. The molecule has 0 radical (unpaired) electrons. The second-order valence-electron chi connectivity index (χ2n) is 6.69. The van der Waals surface area contributed by atoms with Crippen LogP contribution in [-0.4, -0.2) is 48.7 Å². The zero-order chi connectivity index (χ0) is 17.1. The van der Waals surface area contributed by atoms with Gasteiger partial charge in [-0.05, 0) is 37.6 Å². The molecule has 2 aromatic rings. The van der Waals surface area contributed by atoms with Crippen molar-refractivity contribution in [2.75, 3.05) is 38.7 Å². The van der Waals surface area contributed by atoms with Crippen molar-refractivity contribution in [1.82, 2.24) is 14.9 Å². The minimum Gasteiger partial charge on any atom is -0.378 e. The minimum absolute atomic E-state index is 0.0238. The second kappa shape index (κ2) is 7.28. The van der Waals surface area contributed by atoms with Gasteiger partial charge in [-0.1, -0.05) is 6.07 Å². The molecule has 0 amide bonds. The summed E-state index contributed by atoms with van der Waals surface area (Å²) >= 11 is 0. The van der Waals surface area contributed by atoms with Crippen LogP contribution in [0.15, 0.2) is 30.5 Å². The van der Waals surface area contributed by atoms with Crippen molar-refractivity contribution in [1.29, 1.82) is 0 Å². The molecule has 0 unspecified atom stereocenters. The molecule has 0 aromatic carbocycles. The van der Waals surface area contributed by atoms with Gasteiger partial charge in [-0.2, -0.15) is 0 Å². The van der Waals surface area contributed by atoms with E-state index in [9.17, 15) is 0 Å². The number of pyridine rings is 2. The lowest BCUT2D eigenvalue weighted by molar-refractivity contribution is -0.0350. The van der Waals surface area contributed by atoms with Gasteiger partial charge >= 0.3 is 0 Å². The maximum Gasteiger partial charge on any atom is 0.112 e. The first-order valence-corrected chi connectivity index (χ1v) is 8.42. The second-order valence-corrected chi connectivity index (χ2v) is 6.69. The molecular formula is C19H26N4O. The van der Waals surface area contributed by atoms with Gasteiger partial charge < -0.3 is 9.64 Å². The first-order chi connectivity index (χ1) is 11.5. The molecule has 5 heteroatoms. The van der Waals surface area contributed by atoms with E-state index in [0.717, 1.165) is 43.3 Å². The van der Waals surface area contributed by atoms with E-state index in [0.29, 0.717) is 0 Å². The molecule has 0 bridgehead atoms. The molecule has 2 aromatic heterocycles. The Kier molecular flexibility index (Phi) is 5.11. The molecule has 128 valence electrons. The molecule has 1 saturated heterocycles. The van der Waals surface area contributed by atoms with Crippen molar-refractivity contribution in [3.05, 3.63) is 53.1 Å². The molecule has 5 nitrogen and oxygen atoms in total. The van der Waals surface area contributed by atoms with Crippen molar-refractivity contribution in [3.8, 4) is 0 Å². The highest BCUT2D eigenvalue weighted by molar-refractivity contribution is 5.47. The van der Waals surface area contributed by atoms with Crippen LogP contribution in [0.3, 0.4) is 0 Å². The highest BCUT2D eigenvalue weighted by Gasteiger charge is 2.24. The van der Waals surface area contributed by atoms with Crippen molar-refractivity contribution in [2.45, 2.75) is 26.5 Å². The van der Waals surface area contributed by atoms with Crippen LogP contribution in [0.25, 0.3) is 0 Å². The Hall–Kier alpha value is -1.98. The van der Waals surface area contributed by atoms with Gasteiger partial charge in [-0.25, -0.2) is 0 Å². The van der Waals surface area contributed by atoms with Gasteiger partial charge in [0.15, 0.2) is 0 Å². The van der Waals surface area contributed by atoms with Crippen LogP contribution in [0.4, 0.5) is 5.69 Å².